The Hall–Kier alpha value is -3.66. The average Bonchev–Trinajstić information content (AvgIpc) is 3.19. The van der Waals surface area contributed by atoms with E-state index in [1.165, 1.54) is 5.38 Å². The van der Waals surface area contributed by atoms with Crippen LogP contribution in [-0.4, -0.2) is 20.7 Å². The van der Waals surface area contributed by atoms with Gasteiger partial charge in [-0.05, 0) is 30.3 Å². The lowest BCUT2D eigenvalue weighted by atomic mass is 10.1. The van der Waals surface area contributed by atoms with Crippen LogP contribution in [0.4, 0.5) is 13.9 Å². The van der Waals surface area contributed by atoms with Gasteiger partial charge in [0.1, 0.15) is 11.6 Å². The quantitative estimate of drug-likeness (QED) is 0.510. The van der Waals surface area contributed by atoms with E-state index in [9.17, 15) is 23.2 Å². The minimum atomic E-state index is -0.626. The van der Waals surface area contributed by atoms with Gasteiger partial charge in [-0.1, -0.05) is 12.1 Å². The number of nitrogens with one attached hydrogen (secondary N) is 2. The van der Waals surface area contributed by atoms with E-state index in [0.29, 0.717) is 0 Å². The number of nitrogens with zero attached hydrogens (tertiary/aromatic N) is 2. The Kier molecular flexibility index (Phi) is 5.23. The molecule has 7 nitrogen and oxygen atoms in total. The lowest BCUT2D eigenvalue weighted by Crippen LogP contribution is -2.31. The Morgan fingerprint density at radius 1 is 1.13 bits per heavy atom. The molecule has 0 saturated carbocycles. The van der Waals surface area contributed by atoms with Gasteiger partial charge in [-0.15, -0.1) is 11.3 Å². The standard InChI is InChI=1S/C20H14F2N4O3S/c21-11-5-6-15(22)14(9-11)16-10-30-20(23-16)24-17(27)7-8-26-19(29)13-4-2-1-3-12(13)18(28)25-26/h1-6,9-10H,7-8H2,(H,25,28)(H,23,24,27). The molecule has 0 aliphatic rings. The van der Waals surface area contributed by atoms with Crippen molar-refractivity contribution in [3.63, 3.8) is 0 Å². The fourth-order valence-corrected chi connectivity index (χ4v) is 3.67. The van der Waals surface area contributed by atoms with Crippen LogP contribution in [0.3, 0.4) is 0 Å². The van der Waals surface area contributed by atoms with Crippen LogP contribution in [0.25, 0.3) is 22.0 Å². The van der Waals surface area contributed by atoms with Gasteiger partial charge in [0.15, 0.2) is 5.13 Å². The predicted molar refractivity (Wildman–Crippen MR) is 110 cm³/mol. The van der Waals surface area contributed by atoms with Crippen molar-refractivity contribution in [2.75, 3.05) is 5.32 Å². The summed E-state index contributed by atoms with van der Waals surface area (Å²) in [5.41, 5.74) is -0.641. The number of carbonyl (C=O) groups is 1. The van der Waals surface area contributed by atoms with E-state index < -0.39 is 28.7 Å². The summed E-state index contributed by atoms with van der Waals surface area (Å²) in [6.07, 6.45) is -0.0998. The summed E-state index contributed by atoms with van der Waals surface area (Å²) < 4.78 is 28.3. The van der Waals surface area contributed by atoms with Crippen molar-refractivity contribution in [2.24, 2.45) is 0 Å². The monoisotopic (exact) mass is 428 g/mol. The summed E-state index contributed by atoms with van der Waals surface area (Å²) in [4.78, 5) is 40.9. The number of aromatic amines is 1. The Morgan fingerprint density at radius 3 is 2.70 bits per heavy atom. The van der Waals surface area contributed by atoms with Gasteiger partial charge in [0.2, 0.25) is 5.91 Å². The van der Waals surface area contributed by atoms with Gasteiger partial charge in [0, 0.05) is 17.4 Å². The normalized spacial score (nSPS) is 11.0. The summed E-state index contributed by atoms with van der Waals surface area (Å²) in [5.74, 6) is -1.67. The number of anilines is 1. The number of benzene rings is 2. The molecular formula is C20H14F2N4O3S. The maximum absolute atomic E-state index is 13.9. The highest BCUT2D eigenvalue weighted by Crippen LogP contribution is 2.27. The van der Waals surface area contributed by atoms with E-state index in [4.69, 9.17) is 0 Å². The molecule has 0 saturated heterocycles. The van der Waals surface area contributed by atoms with Gasteiger partial charge < -0.3 is 5.32 Å². The van der Waals surface area contributed by atoms with Crippen molar-refractivity contribution in [2.45, 2.75) is 13.0 Å². The minimum Gasteiger partial charge on any atom is -0.302 e. The van der Waals surface area contributed by atoms with Crippen molar-refractivity contribution in [3.05, 3.63) is 80.2 Å². The van der Waals surface area contributed by atoms with Crippen LogP contribution < -0.4 is 16.4 Å². The van der Waals surface area contributed by atoms with Gasteiger partial charge >= 0.3 is 0 Å². The Labute approximate surface area is 171 Å². The first kappa shape index (κ1) is 19.6. The van der Waals surface area contributed by atoms with E-state index in [1.54, 1.807) is 24.3 Å². The molecular weight excluding hydrogens is 414 g/mol. The van der Waals surface area contributed by atoms with Crippen molar-refractivity contribution >= 4 is 33.1 Å². The molecule has 2 aromatic heterocycles. The third-order valence-electron chi connectivity index (χ3n) is 4.40. The molecule has 30 heavy (non-hydrogen) atoms. The number of rotatable bonds is 5. The van der Waals surface area contributed by atoms with Gasteiger partial charge in [-0.3, -0.25) is 19.5 Å². The first-order valence-electron chi connectivity index (χ1n) is 8.85. The molecule has 2 N–H and O–H groups in total. The molecule has 0 atom stereocenters. The fraction of sp³-hybridized carbons (Fsp3) is 0.100. The van der Waals surface area contributed by atoms with Gasteiger partial charge in [0.25, 0.3) is 11.1 Å². The topological polar surface area (TPSA) is 96.9 Å². The first-order valence-corrected chi connectivity index (χ1v) is 9.73. The van der Waals surface area contributed by atoms with E-state index in [0.717, 1.165) is 34.2 Å². The second kappa shape index (κ2) is 7.99. The molecule has 0 radical (unpaired) electrons. The van der Waals surface area contributed by atoms with Crippen molar-refractivity contribution in [1.29, 1.82) is 0 Å². The molecule has 152 valence electrons. The molecule has 0 aliphatic heterocycles. The van der Waals surface area contributed by atoms with E-state index in [2.05, 4.69) is 15.4 Å². The molecule has 0 unspecified atom stereocenters. The molecule has 0 spiro atoms. The number of carbonyl (C=O) groups excluding carboxylic acids is 1. The lowest BCUT2D eigenvalue weighted by Gasteiger charge is -2.07. The van der Waals surface area contributed by atoms with Crippen LogP contribution in [0.2, 0.25) is 0 Å². The number of halogens is 2. The molecule has 2 aromatic carbocycles. The molecule has 2 heterocycles. The fourth-order valence-electron chi connectivity index (χ4n) is 2.95. The summed E-state index contributed by atoms with van der Waals surface area (Å²) in [6, 6.07) is 9.45. The number of aryl methyl sites for hydroxylation is 1. The average molecular weight is 428 g/mol. The molecule has 10 heteroatoms. The largest absolute Gasteiger partial charge is 0.302 e. The van der Waals surface area contributed by atoms with Crippen LogP contribution in [0.5, 0.6) is 0 Å². The van der Waals surface area contributed by atoms with Crippen LogP contribution in [-0.2, 0) is 11.3 Å². The number of hydrogen-bond acceptors (Lipinski definition) is 5. The Morgan fingerprint density at radius 2 is 1.90 bits per heavy atom. The number of aromatic nitrogens is 3. The number of thiazole rings is 1. The zero-order valence-corrected chi connectivity index (χ0v) is 16.1. The van der Waals surface area contributed by atoms with Gasteiger partial charge in [-0.2, -0.15) is 0 Å². The van der Waals surface area contributed by atoms with Crippen molar-refractivity contribution in [3.8, 4) is 11.3 Å². The highest BCUT2D eigenvalue weighted by atomic mass is 32.1. The summed E-state index contributed by atoms with van der Waals surface area (Å²) in [7, 11) is 0. The molecule has 4 aromatic rings. The van der Waals surface area contributed by atoms with E-state index in [-0.39, 0.29) is 40.1 Å². The minimum absolute atomic E-state index is 0.00737. The summed E-state index contributed by atoms with van der Waals surface area (Å²) in [5, 5.41) is 7.26. The van der Waals surface area contributed by atoms with Crippen LogP contribution in [0.15, 0.2) is 57.4 Å². The molecule has 0 aliphatic carbocycles. The van der Waals surface area contributed by atoms with Crippen LogP contribution >= 0.6 is 11.3 Å². The molecule has 0 fully saturated rings. The zero-order valence-electron chi connectivity index (χ0n) is 15.3. The summed E-state index contributed by atoms with van der Waals surface area (Å²) >= 11 is 1.06. The number of amides is 1. The SMILES string of the molecule is O=C(CCn1[nH]c(=O)c2ccccc2c1=O)Nc1nc(-c2cc(F)ccc2F)cs1. The number of fused-ring (bicyclic) bond motifs is 1. The maximum Gasteiger partial charge on any atom is 0.273 e. The van der Waals surface area contributed by atoms with E-state index >= 15 is 0 Å². The second-order valence-electron chi connectivity index (χ2n) is 6.40. The highest BCUT2D eigenvalue weighted by molar-refractivity contribution is 7.14. The Bertz CT molecular complexity index is 1380. The maximum atomic E-state index is 13.9. The molecule has 4 rings (SSSR count). The summed E-state index contributed by atoms with van der Waals surface area (Å²) in [6.45, 7) is -0.0402. The highest BCUT2D eigenvalue weighted by Gasteiger charge is 2.13. The second-order valence-corrected chi connectivity index (χ2v) is 7.26. The van der Waals surface area contributed by atoms with Gasteiger partial charge in [0.05, 0.1) is 23.0 Å². The Balaban J connectivity index is 1.46. The molecule has 0 bridgehead atoms. The van der Waals surface area contributed by atoms with Gasteiger partial charge in [-0.25, -0.2) is 18.4 Å². The predicted octanol–water partition coefficient (Wildman–Crippen LogP) is 3.12. The molecule has 1 amide bonds. The number of H-pyrrole nitrogens is 1. The lowest BCUT2D eigenvalue weighted by molar-refractivity contribution is -0.116. The van der Waals surface area contributed by atoms with Crippen molar-refractivity contribution < 1.29 is 13.6 Å². The number of hydrogen-bond donors (Lipinski definition) is 2. The van der Waals surface area contributed by atoms with E-state index in [1.807, 2.05) is 0 Å². The smallest absolute Gasteiger partial charge is 0.273 e. The van der Waals surface area contributed by atoms with Crippen LogP contribution in [0.1, 0.15) is 6.42 Å². The zero-order chi connectivity index (χ0) is 21.3. The first-order chi connectivity index (χ1) is 14.4. The third kappa shape index (κ3) is 3.90. The van der Waals surface area contributed by atoms with Crippen molar-refractivity contribution in [1.82, 2.24) is 14.8 Å². The third-order valence-corrected chi connectivity index (χ3v) is 5.16. The van der Waals surface area contributed by atoms with Crippen LogP contribution in [0, 0.1) is 11.6 Å².